The third-order valence-corrected chi connectivity index (χ3v) is 6.00. The first kappa shape index (κ1) is 21.9. The summed E-state index contributed by atoms with van der Waals surface area (Å²) in [6.07, 6.45) is 5.89. The Morgan fingerprint density at radius 3 is 1.83 bits per heavy atom. The maximum atomic E-state index is 3.36. The molecule has 3 rings (SSSR count). The molecule has 2 aromatic carbocycles. The van der Waals surface area contributed by atoms with E-state index in [4.69, 9.17) is 0 Å². The van der Waals surface area contributed by atoms with Crippen molar-refractivity contribution in [2.75, 3.05) is 19.6 Å². The molecule has 0 N–H and O–H groups in total. The Balaban J connectivity index is 1.93. The van der Waals surface area contributed by atoms with Gasteiger partial charge in [-0.3, -0.25) is 9.80 Å². The SMILES string of the molecule is CCC1(CC)CN(Cc2ccccc2)CC#CC=CC#CCN1Cc1ccccc1. The lowest BCUT2D eigenvalue weighted by atomic mass is 9.88. The summed E-state index contributed by atoms with van der Waals surface area (Å²) < 4.78 is 0. The minimum Gasteiger partial charge on any atom is -0.286 e. The largest absolute Gasteiger partial charge is 0.286 e. The molecule has 0 bridgehead atoms. The van der Waals surface area contributed by atoms with Gasteiger partial charge in [0.25, 0.3) is 0 Å². The Labute approximate surface area is 182 Å². The Bertz CT molecular complexity index is 919. The van der Waals surface area contributed by atoms with E-state index in [1.165, 1.54) is 11.1 Å². The van der Waals surface area contributed by atoms with Crippen LogP contribution in [-0.4, -0.2) is 35.0 Å². The maximum Gasteiger partial charge on any atom is 0.0613 e. The molecule has 2 nitrogen and oxygen atoms in total. The molecule has 1 aliphatic heterocycles. The summed E-state index contributed by atoms with van der Waals surface area (Å²) >= 11 is 0. The van der Waals surface area contributed by atoms with Crippen LogP contribution in [0.2, 0.25) is 0 Å². The molecule has 0 saturated carbocycles. The second-order valence-electron chi connectivity index (χ2n) is 7.88. The molecule has 0 fully saturated rings. The van der Waals surface area contributed by atoms with E-state index < -0.39 is 0 Å². The van der Waals surface area contributed by atoms with Crippen LogP contribution >= 0.6 is 0 Å². The van der Waals surface area contributed by atoms with Crippen LogP contribution in [0.25, 0.3) is 0 Å². The van der Waals surface area contributed by atoms with E-state index in [1.807, 2.05) is 12.2 Å². The van der Waals surface area contributed by atoms with Crippen molar-refractivity contribution in [1.29, 1.82) is 0 Å². The van der Waals surface area contributed by atoms with E-state index in [1.54, 1.807) is 0 Å². The van der Waals surface area contributed by atoms with Crippen molar-refractivity contribution in [1.82, 2.24) is 9.80 Å². The van der Waals surface area contributed by atoms with Crippen LogP contribution in [0.15, 0.2) is 72.8 Å². The highest BCUT2D eigenvalue weighted by atomic mass is 15.3. The molecule has 0 unspecified atom stereocenters. The molecule has 0 saturated heterocycles. The van der Waals surface area contributed by atoms with Crippen LogP contribution in [0.4, 0.5) is 0 Å². The molecule has 0 atom stereocenters. The number of hydrogen-bond donors (Lipinski definition) is 0. The minimum atomic E-state index is 0.0455. The average molecular weight is 397 g/mol. The predicted molar refractivity (Wildman–Crippen MR) is 127 cm³/mol. The van der Waals surface area contributed by atoms with E-state index >= 15 is 0 Å². The van der Waals surface area contributed by atoms with Crippen LogP contribution in [-0.2, 0) is 13.1 Å². The van der Waals surface area contributed by atoms with Crippen molar-refractivity contribution in [3.8, 4) is 23.7 Å². The van der Waals surface area contributed by atoms with Crippen molar-refractivity contribution in [3.63, 3.8) is 0 Å². The van der Waals surface area contributed by atoms with E-state index in [-0.39, 0.29) is 5.54 Å². The van der Waals surface area contributed by atoms with Crippen LogP contribution in [0, 0.1) is 23.7 Å². The van der Waals surface area contributed by atoms with Crippen molar-refractivity contribution >= 4 is 0 Å². The van der Waals surface area contributed by atoms with E-state index in [0.29, 0.717) is 0 Å². The zero-order valence-corrected chi connectivity index (χ0v) is 18.3. The van der Waals surface area contributed by atoms with E-state index in [9.17, 15) is 0 Å². The van der Waals surface area contributed by atoms with Crippen LogP contribution in [0.1, 0.15) is 37.8 Å². The second kappa shape index (κ2) is 11.4. The van der Waals surface area contributed by atoms with Gasteiger partial charge in [-0.2, -0.15) is 0 Å². The Hall–Kier alpha value is -2.78. The van der Waals surface area contributed by atoms with Gasteiger partial charge in [-0.25, -0.2) is 0 Å². The molecule has 0 radical (unpaired) electrons. The van der Waals surface area contributed by atoms with Crippen LogP contribution in [0.3, 0.4) is 0 Å². The normalized spacial score (nSPS) is 17.0. The van der Waals surface area contributed by atoms with Gasteiger partial charge in [0, 0.05) is 25.2 Å². The Morgan fingerprint density at radius 1 is 0.733 bits per heavy atom. The summed E-state index contributed by atoms with van der Waals surface area (Å²) in [7, 11) is 0. The van der Waals surface area contributed by atoms with Gasteiger partial charge < -0.3 is 0 Å². The van der Waals surface area contributed by atoms with Crippen molar-refractivity contribution in [3.05, 3.63) is 83.9 Å². The quantitative estimate of drug-likeness (QED) is 0.625. The molecule has 0 aromatic heterocycles. The van der Waals surface area contributed by atoms with Crippen LogP contribution < -0.4 is 0 Å². The highest BCUT2D eigenvalue weighted by molar-refractivity contribution is 5.26. The number of rotatable bonds is 6. The first-order valence-electron chi connectivity index (χ1n) is 10.9. The molecule has 154 valence electrons. The fourth-order valence-corrected chi connectivity index (χ4v) is 4.14. The number of allylic oxidation sites excluding steroid dienone is 2. The van der Waals surface area contributed by atoms with Gasteiger partial charge in [-0.05, 0) is 36.1 Å². The first-order valence-corrected chi connectivity index (χ1v) is 10.9. The van der Waals surface area contributed by atoms with Gasteiger partial charge in [-0.1, -0.05) is 98.2 Å². The summed E-state index contributed by atoms with van der Waals surface area (Å²) in [5.74, 6) is 13.0. The molecule has 0 aliphatic carbocycles. The molecule has 0 spiro atoms. The third-order valence-electron chi connectivity index (χ3n) is 6.00. The molecule has 0 amide bonds. The van der Waals surface area contributed by atoms with Gasteiger partial charge in [0.1, 0.15) is 0 Å². The number of benzene rings is 2. The summed E-state index contributed by atoms with van der Waals surface area (Å²) in [6, 6.07) is 21.5. The highest BCUT2D eigenvalue weighted by Gasteiger charge is 2.35. The van der Waals surface area contributed by atoms with Crippen molar-refractivity contribution in [2.24, 2.45) is 0 Å². The van der Waals surface area contributed by atoms with Gasteiger partial charge >= 0.3 is 0 Å². The molecule has 1 heterocycles. The fraction of sp³-hybridized carbons (Fsp3) is 0.357. The standard InChI is InChI=1S/C28H32N2/c1-3-28(4-2)25-29(23-26-17-11-9-12-18-26)21-15-7-5-6-8-16-22-30(28)24-27-19-13-10-14-20-27/h5-6,9-14,17-20H,3-4,21-25H2,1-2H3. The van der Waals surface area contributed by atoms with E-state index in [2.05, 4.69) is 108 Å². The molecular weight excluding hydrogens is 364 g/mol. The minimum absolute atomic E-state index is 0.0455. The summed E-state index contributed by atoms with van der Waals surface area (Å²) in [6.45, 7) is 8.93. The highest BCUT2D eigenvalue weighted by Crippen LogP contribution is 2.28. The lowest BCUT2D eigenvalue weighted by Crippen LogP contribution is -2.55. The van der Waals surface area contributed by atoms with Gasteiger partial charge in [-0.15, -0.1) is 0 Å². The van der Waals surface area contributed by atoms with Gasteiger partial charge in [0.2, 0.25) is 0 Å². The van der Waals surface area contributed by atoms with Crippen LogP contribution in [0.5, 0.6) is 0 Å². The summed E-state index contributed by atoms with van der Waals surface area (Å²) in [5.41, 5.74) is 2.71. The Kier molecular flexibility index (Phi) is 8.34. The molecular formula is C28H32N2. The van der Waals surface area contributed by atoms with E-state index in [0.717, 1.165) is 45.6 Å². The molecule has 30 heavy (non-hydrogen) atoms. The summed E-state index contributed by atoms with van der Waals surface area (Å²) in [5, 5.41) is 0. The zero-order chi connectivity index (χ0) is 21.1. The number of nitrogens with zero attached hydrogens (tertiary/aromatic N) is 2. The smallest absolute Gasteiger partial charge is 0.0613 e. The average Bonchev–Trinajstić information content (AvgIpc) is 2.79. The third kappa shape index (κ3) is 6.11. The first-order chi connectivity index (χ1) is 14.8. The number of hydrogen-bond acceptors (Lipinski definition) is 2. The molecule has 1 aliphatic rings. The van der Waals surface area contributed by atoms with Crippen molar-refractivity contribution in [2.45, 2.75) is 45.3 Å². The van der Waals surface area contributed by atoms with Crippen molar-refractivity contribution < 1.29 is 0 Å². The Morgan fingerprint density at radius 2 is 1.27 bits per heavy atom. The fourth-order valence-electron chi connectivity index (χ4n) is 4.14. The lowest BCUT2D eigenvalue weighted by Gasteiger charge is -2.45. The molecule has 2 aromatic rings. The predicted octanol–water partition coefficient (Wildman–Crippen LogP) is 5.13. The lowest BCUT2D eigenvalue weighted by molar-refractivity contribution is 0.0446. The summed E-state index contributed by atoms with van der Waals surface area (Å²) in [4.78, 5) is 5.08. The molecule has 2 heteroatoms. The second-order valence-corrected chi connectivity index (χ2v) is 7.88. The topological polar surface area (TPSA) is 6.48 Å². The van der Waals surface area contributed by atoms with Gasteiger partial charge in [0.15, 0.2) is 0 Å². The maximum absolute atomic E-state index is 3.36. The zero-order valence-electron chi connectivity index (χ0n) is 18.3. The van der Waals surface area contributed by atoms with Gasteiger partial charge in [0.05, 0.1) is 13.1 Å². The monoisotopic (exact) mass is 396 g/mol.